The van der Waals surface area contributed by atoms with Crippen LogP contribution in [0.3, 0.4) is 0 Å². The summed E-state index contributed by atoms with van der Waals surface area (Å²) in [6.07, 6.45) is 5.58. The highest BCUT2D eigenvalue weighted by atomic mass is 32.2. The fraction of sp³-hybridized carbons (Fsp3) is 1.00. The van der Waals surface area contributed by atoms with Crippen LogP contribution in [0.1, 0.15) is 39.0 Å². The molecule has 0 spiro atoms. The van der Waals surface area contributed by atoms with E-state index < -0.39 is 9.84 Å². The highest BCUT2D eigenvalue weighted by Gasteiger charge is 2.39. The van der Waals surface area contributed by atoms with E-state index in [2.05, 4.69) is 17.1 Å². The lowest BCUT2D eigenvalue weighted by atomic mass is 10.2. The van der Waals surface area contributed by atoms with Crippen LogP contribution in [0.25, 0.3) is 0 Å². The second-order valence-corrected chi connectivity index (χ2v) is 8.65. The van der Waals surface area contributed by atoms with Crippen molar-refractivity contribution in [1.82, 2.24) is 10.2 Å². The summed E-state index contributed by atoms with van der Waals surface area (Å²) in [7, 11) is -2.79. The topological polar surface area (TPSA) is 49.4 Å². The fourth-order valence-electron chi connectivity index (χ4n) is 3.50. The molecule has 1 aliphatic carbocycles. The van der Waals surface area contributed by atoms with E-state index in [4.69, 9.17) is 0 Å². The van der Waals surface area contributed by atoms with E-state index in [0.717, 1.165) is 25.4 Å². The Labute approximate surface area is 110 Å². The second kappa shape index (κ2) is 4.76. The molecule has 104 valence electrons. The van der Waals surface area contributed by atoms with E-state index in [9.17, 15) is 8.42 Å². The number of hydrogen-bond donors (Lipinski definition) is 1. The van der Waals surface area contributed by atoms with Crippen molar-refractivity contribution >= 4 is 9.84 Å². The Kier molecular flexibility index (Phi) is 3.41. The van der Waals surface area contributed by atoms with Crippen LogP contribution in [-0.4, -0.2) is 55.5 Å². The van der Waals surface area contributed by atoms with Gasteiger partial charge in [0.1, 0.15) is 0 Å². The van der Waals surface area contributed by atoms with Gasteiger partial charge in [0.15, 0.2) is 9.84 Å². The van der Waals surface area contributed by atoms with E-state index in [1.807, 2.05) is 0 Å². The van der Waals surface area contributed by atoms with Crippen LogP contribution >= 0.6 is 0 Å². The summed E-state index contributed by atoms with van der Waals surface area (Å²) >= 11 is 0. The number of nitrogens with one attached hydrogen (secondary N) is 1. The minimum atomic E-state index is -2.79. The average molecular weight is 272 g/mol. The number of nitrogens with zero attached hydrogens (tertiary/aromatic N) is 1. The van der Waals surface area contributed by atoms with Crippen molar-refractivity contribution in [2.75, 3.05) is 18.8 Å². The quantitative estimate of drug-likeness (QED) is 0.821. The van der Waals surface area contributed by atoms with Crippen molar-refractivity contribution in [2.45, 2.75) is 62.4 Å². The van der Waals surface area contributed by atoms with E-state index in [0.29, 0.717) is 24.4 Å². The zero-order valence-electron chi connectivity index (χ0n) is 11.1. The van der Waals surface area contributed by atoms with Crippen molar-refractivity contribution < 1.29 is 8.42 Å². The zero-order chi connectivity index (χ0) is 12.8. The van der Waals surface area contributed by atoms with E-state index >= 15 is 0 Å². The first kappa shape index (κ1) is 12.9. The summed E-state index contributed by atoms with van der Waals surface area (Å²) in [4.78, 5) is 2.60. The Morgan fingerprint density at radius 1 is 1.28 bits per heavy atom. The van der Waals surface area contributed by atoms with Crippen LogP contribution in [-0.2, 0) is 9.84 Å². The normalized spacial score (nSPS) is 40.4. The minimum absolute atomic E-state index is 0.122. The van der Waals surface area contributed by atoms with Crippen LogP contribution in [0.15, 0.2) is 0 Å². The molecule has 0 aromatic rings. The molecule has 0 bridgehead atoms. The number of rotatable bonds is 4. The molecular formula is C13H24N2O2S. The maximum absolute atomic E-state index is 11.8. The Balaban J connectivity index is 1.49. The third-order valence-electron chi connectivity index (χ3n) is 4.74. The van der Waals surface area contributed by atoms with Crippen molar-refractivity contribution in [1.29, 1.82) is 0 Å². The molecule has 3 unspecified atom stereocenters. The fourth-order valence-corrected chi connectivity index (χ4v) is 5.28. The molecule has 3 aliphatic rings. The van der Waals surface area contributed by atoms with Gasteiger partial charge in [-0.05, 0) is 39.0 Å². The molecule has 5 heteroatoms. The summed E-state index contributed by atoms with van der Waals surface area (Å²) < 4.78 is 23.5. The molecule has 1 N–H and O–H groups in total. The second-order valence-electron chi connectivity index (χ2n) is 6.25. The summed E-state index contributed by atoms with van der Waals surface area (Å²) in [5, 5.41) is 3.38. The molecule has 18 heavy (non-hydrogen) atoms. The van der Waals surface area contributed by atoms with Gasteiger partial charge in [-0.3, -0.25) is 4.90 Å². The van der Waals surface area contributed by atoms with Crippen LogP contribution in [0.4, 0.5) is 0 Å². The molecular weight excluding hydrogens is 248 g/mol. The molecule has 0 aromatic carbocycles. The lowest BCUT2D eigenvalue weighted by Crippen LogP contribution is -2.39. The van der Waals surface area contributed by atoms with Crippen LogP contribution in [0, 0.1) is 0 Å². The summed E-state index contributed by atoms with van der Waals surface area (Å²) in [6, 6.07) is 1.98. The highest BCUT2D eigenvalue weighted by Crippen LogP contribution is 2.33. The lowest BCUT2D eigenvalue weighted by molar-refractivity contribution is 0.255. The van der Waals surface area contributed by atoms with Gasteiger partial charge in [0.2, 0.25) is 0 Å². The Hall–Kier alpha value is -0.130. The van der Waals surface area contributed by atoms with E-state index in [1.165, 1.54) is 19.3 Å². The van der Waals surface area contributed by atoms with Gasteiger partial charge in [0.25, 0.3) is 0 Å². The van der Waals surface area contributed by atoms with Crippen molar-refractivity contribution in [3.8, 4) is 0 Å². The molecule has 2 aliphatic heterocycles. The predicted octanol–water partition coefficient (Wildman–Crippen LogP) is 0.778. The van der Waals surface area contributed by atoms with Gasteiger partial charge in [-0.25, -0.2) is 8.42 Å². The van der Waals surface area contributed by atoms with Crippen LogP contribution < -0.4 is 5.32 Å². The molecule has 2 saturated heterocycles. The van der Waals surface area contributed by atoms with Gasteiger partial charge in [-0.1, -0.05) is 0 Å². The van der Waals surface area contributed by atoms with Gasteiger partial charge in [0, 0.05) is 31.2 Å². The van der Waals surface area contributed by atoms with Crippen molar-refractivity contribution in [3.63, 3.8) is 0 Å². The molecule has 0 aromatic heterocycles. The van der Waals surface area contributed by atoms with Gasteiger partial charge in [-0.2, -0.15) is 0 Å². The van der Waals surface area contributed by atoms with Crippen LogP contribution in [0.2, 0.25) is 0 Å². The van der Waals surface area contributed by atoms with E-state index in [1.54, 1.807) is 0 Å². The van der Waals surface area contributed by atoms with Crippen molar-refractivity contribution in [3.05, 3.63) is 0 Å². The molecule has 1 saturated carbocycles. The minimum Gasteiger partial charge on any atom is -0.311 e. The Morgan fingerprint density at radius 3 is 2.67 bits per heavy atom. The van der Waals surface area contributed by atoms with Gasteiger partial charge in [0.05, 0.1) is 11.0 Å². The summed E-state index contributed by atoms with van der Waals surface area (Å²) in [5.74, 6) is 0.397. The van der Waals surface area contributed by atoms with Crippen LogP contribution in [0.5, 0.6) is 0 Å². The first-order chi connectivity index (χ1) is 8.56. The third-order valence-corrected chi connectivity index (χ3v) is 7.01. The van der Waals surface area contributed by atoms with Gasteiger partial charge < -0.3 is 5.32 Å². The number of sulfone groups is 1. The molecule has 2 heterocycles. The Morgan fingerprint density at radius 2 is 2.06 bits per heavy atom. The highest BCUT2D eigenvalue weighted by molar-refractivity contribution is 7.92. The van der Waals surface area contributed by atoms with Crippen molar-refractivity contribution in [2.24, 2.45) is 0 Å². The standard InChI is InChI=1S/C13H24N2O2S/c1-10-7-11(9-15(10)12-4-5-12)14-8-13-3-2-6-18(13,16)17/h10-14H,2-9H2,1H3. The first-order valence-corrected chi connectivity index (χ1v) is 8.98. The molecule has 3 fully saturated rings. The molecule has 0 radical (unpaired) electrons. The summed E-state index contributed by atoms with van der Waals surface area (Å²) in [5.41, 5.74) is 0. The predicted molar refractivity (Wildman–Crippen MR) is 72.4 cm³/mol. The molecule has 3 rings (SSSR count). The maximum atomic E-state index is 11.8. The smallest absolute Gasteiger partial charge is 0.154 e. The zero-order valence-corrected chi connectivity index (χ0v) is 12.0. The SMILES string of the molecule is CC1CC(NCC2CCCS2(=O)=O)CN1C1CC1. The first-order valence-electron chi connectivity index (χ1n) is 7.27. The number of likely N-dealkylation sites (tertiary alicyclic amines) is 1. The maximum Gasteiger partial charge on any atom is 0.154 e. The molecule has 3 atom stereocenters. The van der Waals surface area contributed by atoms with E-state index in [-0.39, 0.29) is 5.25 Å². The monoisotopic (exact) mass is 272 g/mol. The van der Waals surface area contributed by atoms with Gasteiger partial charge >= 0.3 is 0 Å². The summed E-state index contributed by atoms with van der Waals surface area (Å²) in [6.45, 7) is 4.07. The van der Waals surface area contributed by atoms with Gasteiger partial charge in [-0.15, -0.1) is 0 Å². The molecule has 4 nitrogen and oxygen atoms in total. The average Bonchev–Trinajstić information content (AvgIpc) is 2.99. The largest absolute Gasteiger partial charge is 0.311 e. The number of hydrogen-bond acceptors (Lipinski definition) is 4. The Bertz CT molecular complexity index is 405. The lowest BCUT2D eigenvalue weighted by Gasteiger charge is -2.20. The third kappa shape index (κ3) is 2.58. The molecule has 0 amide bonds.